The highest BCUT2D eigenvalue weighted by Gasteiger charge is 2.25. The topological polar surface area (TPSA) is 51.4 Å². The van der Waals surface area contributed by atoms with E-state index in [1.54, 1.807) is 6.20 Å². The lowest BCUT2D eigenvalue weighted by Gasteiger charge is -2.36. The third-order valence-electron chi connectivity index (χ3n) is 3.59. The molecule has 1 atom stereocenters. The highest BCUT2D eigenvalue weighted by Crippen LogP contribution is 2.25. The van der Waals surface area contributed by atoms with E-state index in [0.29, 0.717) is 12.6 Å². The average molecular weight is 314 g/mol. The van der Waals surface area contributed by atoms with Crippen LogP contribution < -0.4 is 5.73 Å². The average Bonchev–Trinajstić information content (AvgIpc) is 2.40. The van der Waals surface area contributed by atoms with Crippen molar-refractivity contribution in [1.29, 1.82) is 0 Å². The Morgan fingerprint density at radius 2 is 2.22 bits per heavy atom. The zero-order valence-electron chi connectivity index (χ0n) is 10.7. The molecule has 5 heteroatoms. The second kappa shape index (κ2) is 6.61. The van der Waals surface area contributed by atoms with Crippen molar-refractivity contribution in [1.82, 2.24) is 9.88 Å². The minimum Gasteiger partial charge on any atom is -0.381 e. The SMILES string of the molecule is CN(C1CCOCC1)C(CN)c1cncc(Br)c1. The van der Waals surface area contributed by atoms with Crippen LogP contribution in [0.25, 0.3) is 0 Å². The summed E-state index contributed by atoms with van der Waals surface area (Å²) in [5.41, 5.74) is 7.11. The maximum absolute atomic E-state index is 5.95. The fourth-order valence-corrected chi connectivity index (χ4v) is 2.88. The summed E-state index contributed by atoms with van der Waals surface area (Å²) < 4.78 is 6.41. The summed E-state index contributed by atoms with van der Waals surface area (Å²) >= 11 is 3.46. The minimum atomic E-state index is 0.220. The molecule has 0 amide bonds. The third-order valence-corrected chi connectivity index (χ3v) is 4.03. The van der Waals surface area contributed by atoms with Gasteiger partial charge in [0, 0.05) is 48.7 Å². The quantitative estimate of drug-likeness (QED) is 0.923. The zero-order chi connectivity index (χ0) is 13.0. The van der Waals surface area contributed by atoms with Crippen LogP contribution in [0.4, 0.5) is 0 Å². The molecule has 0 aliphatic carbocycles. The van der Waals surface area contributed by atoms with E-state index in [-0.39, 0.29) is 6.04 Å². The molecule has 1 saturated heterocycles. The van der Waals surface area contributed by atoms with Crippen molar-refractivity contribution in [2.75, 3.05) is 26.8 Å². The molecule has 0 saturated carbocycles. The molecule has 1 aliphatic rings. The molecule has 1 fully saturated rings. The second-order valence-electron chi connectivity index (χ2n) is 4.70. The molecule has 1 aromatic rings. The van der Waals surface area contributed by atoms with Gasteiger partial charge in [0.1, 0.15) is 0 Å². The summed E-state index contributed by atoms with van der Waals surface area (Å²) in [6.45, 7) is 2.30. The van der Waals surface area contributed by atoms with Gasteiger partial charge in [-0.05, 0) is 47.4 Å². The van der Waals surface area contributed by atoms with Gasteiger partial charge >= 0.3 is 0 Å². The van der Waals surface area contributed by atoms with Crippen molar-refractivity contribution < 1.29 is 4.74 Å². The molecule has 0 radical (unpaired) electrons. The van der Waals surface area contributed by atoms with E-state index in [1.807, 2.05) is 6.20 Å². The van der Waals surface area contributed by atoms with Crippen LogP contribution in [0, 0.1) is 0 Å². The Morgan fingerprint density at radius 3 is 2.83 bits per heavy atom. The monoisotopic (exact) mass is 313 g/mol. The molecule has 2 N–H and O–H groups in total. The van der Waals surface area contributed by atoms with Gasteiger partial charge in [-0.25, -0.2) is 0 Å². The van der Waals surface area contributed by atoms with Crippen molar-refractivity contribution in [3.63, 3.8) is 0 Å². The van der Waals surface area contributed by atoms with Gasteiger partial charge < -0.3 is 10.5 Å². The van der Waals surface area contributed by atoms with Gasteiger partial charge in [0.2, 0.25) is 0 Å². The lowest BCUT2D eigenvalue weighted by Crippen LogP contribution is -2.41. The Bertz CT molecular complexity index is 382. The predicted molar refractivity (Wildman–Crippen MR) is 75.3 cm³/mol. The molecule has 18 heavy (non-hydrogen) atoms. The van der Waals surface area contributed by atoms with Crippen LogP contribution in [-0.2, 0) is 4.74 Å². The fourth-order valence-electron chi connectivity index (χ4n) is 2.49. The van der Waals surface area contributed by atoms with Gasteiger partial charge in [0.15, 0.2) is 0 Å². The van der Waals surface area contributed by atoms with Crippen LogP contribution >= 0.6 is 15.9 Å². The molecule has 2 heterocycles. The van der Waals surface area contributed by atoms with Gasteiger partial charge in [0.05, 0.1) is 0 Å². The third kappa shape index (κ3) is 3.29. The van der Waals surface area contributed by atoms with Crippen molar-refractivity contribution in [3.05, 3.63) is 28.5 Å². The number of nitrogens with two attached hydrogens (primary N) is 1. The summed E-state index contributed by atoms with van der Waals surface area (Å²) in [6.07, 6.45) is 5.85. The number of hydrogen-bond acceptors (Lipinski definition) is 4. The van der Waals surface area contributed by atoms with E-state index >= 15 is 0 Å². The Balaban J connectivity index is 2.11. The number of pyridine rings is 1. The van der Waals surface area contributed by atoms with Crippen LogP contribution in [0.1, 0.15) is 24.4 Å². The Hall–Kier alpha value is -0.490. The highest BCUT2D eigenvalue weighted by atomic mass is 79.9. The number of likely N-dealkylation sites (N-methyl/N-ethyl adjacent to an activating group) is 1. The van der Waals surface area contributed by atoms with E-state index in [1.165, 1.54) is 5.56 Å². The number of hydrogen-bond donors (Lipinski definition) is 1. The van der Waals surface area contributed by atoms with Crippen LogP contribution in [0.5, 0.6) is 0 Å². The summed E-state index contributed by atoms with van der Waals surface area (Å²) in [6, 6.07) is 2.87. The molecule has 2 rings (SSSR count). The summed E-state index contributed by atoms with van der Waals surface area (Å²) in [5, 5.41) is 0. The highest BCUT2D eigenvalue weighted by molar-refractivity contribution is 9.10. The lowest BCUT2D eigenvalue weighted by molar-refractivity contribution is 0.0293. The van der Waals surface area contributed by atoms with Crippen LogP contribution in [-0.4, -0.2) is 42.7 Å². The molecule has 0 spiro atoms. The van der Waals surface area contributed by atoms with Gasteiger partial charge in [-0.15, -0.1) is 0 Å². The van der Waals surface area contributed by atoms with Crippen molar-refractivity contribution in [2.24, 2.45) is 5.73 Å². The number of ether oxygens (including phenoxy) is 1. The zero-order valence-corrected chi connectivity index (χ0v) is 12.3. The lowest BCUT2D eigenvalue weighted by atomic mass is 10.0. The number of halogens is 1. The Morgan fingerprint density at radius 1 is 1.50 bits per heavy atom. The fraction of sp³-hybridized carbons (Fsp3) is 0.615. The second-order valence-corrected chi connectivity index (χ2v) is 5.61. The summed E-state index contributed by atoms with van der Waals surface area (Å²) in [7, 11) is 2.15. The molecule has 100 valence electrons. The summed E-state index contributed by atoms with van der Waals surface area (Å²) in [5.74, 6) is 0. The first-order chi connectivity index (χ1) is 8.72. The van der Waals surface area contributed by atoms with E-state index in [4.69, 9.17) is 10.5 Å². The molecular weight excluding hydrogens is 294 g/mol. The standard InChI is InChI=1S/C13H20BrN3O/c1-17(12-2-4-18-5-3-12)13(7-15)10-6-11(14)9-16-8-10/h6,8-9,12-13H,2-5,7,15H2,1H3. The van der Waals surface area contributed by atoms with E-state index in [0.717, 1.165) is 30.5 Å². The van der Waals surface area contributed by atoms with Gasteiger partial charge in [-0.2, -0.15) is 0 Å². The minimum absolute atomic E-state index is 0.220. The van der Waals surface area contributed by atoms with Crippen LogP contribution in [0.3, 0.4) is 0 Å². The number of rotatable bonds is 4. The number of nitrogens with zero attached hydrogens (tertiary/aromatic N) is 2. The van der Waals surface area contributed by atoms with Gasteiger partial charge in [-0.3, -0.25) is 9.88 Å². The number of aromatic nitrogens is 1. The van der Waals surface area contributed by atoms with Crippen molar-refractivity contribution in [3.8, 4) is 0 Å². The first-order valence-corrected chi connectivity index (χ1v) is 7.12. The molecule has 1 aliphatic heterocycles. The van der Waals surface area contributed by atoms with E-state index in [2.05, 4.69) is 38.9 Å². The van der Waals surface area contributed by atoms with Gasteiger partial charge in [-0.1, -0.05) is 0 Å². The largest absolute Gasteiger partial charge is 0.381 e. The molecular formula is C13H20BrN3O. The first-order valence-electron chi connectivity index (χ1n) is 6.32. The predicted octanol–water partition coefficient (Wildman–Crippen LogP) is 1.95. The van der Waals surface area contributed by atoms with Gasteiger partial charge in [0.25, 0.3) is 0 Å². The van der Waals surface area contributed by atoms with Crippen molar-refractivity contribution >= 4 is 15.9 Å². The maximum Gasteiger partial charge on any atom is 0.0486 e. The maximum atomic E-state index is 5.95. The molecule has 0 aromatic carbocycles. The molecule has 1 unspecified atom stereocenters. The van der Waals surface area contributed by atoms with Crippen LogP contribution in [0.2, 0.25) is 0 Å². The molecule has 4 nitrogen and oxygen atoms in total. The van der Waals surface area contributed by atoms with Crippen molar-refractivity contribution in [2.45, 2.75) is 24.9 Å². The summed E-state index contributed by atoms with van der Waals surface area (Å²) in [4.78, 5) is 6.59. The Kier molecular flexibility index (Phi) is 5.12. The smallest absolute Gasteiger partial charge is 0.0486 e. The van der Waals surface area contributed by atoms with E-state index < -0.39 is 0 Å². The van der Waals surface area contributed by atoms with E-state index in [9.17, 15) is 0 Å². The molecule has 1 aromatic heterocycles. The Labute approximate surface area is 117 Å². The van der Waals surface area contributed by atoms with Crippen LogP contribution in [0.15, 0.2) is 22.9 Å². The first kappa shape index (κ1) is 13.9. The normalized spacial score (nSPS) is 19.1. The molecule has 0 bridgehead atoms.